The third-order valence-corrected chi connectivity index (χ3v) is 4.85. The van der Waals surface area contributed by atoms with Crippen LogP contribution in [0.15, 0.2) is 65.5 Å². The SMILES string of the molecule is Cc1ccc(Cc2n[nH]c(=O)c3ccccc23)cc1-c1ccc(N)c(N)c1. The molecule has 0 unspecified atom stereocenters. The van der Waals surface area contributed by atoms with Crippen molar-refractivity contribution >= 4 is 22.1 Å². The van der Waals surface area contributed by atoms with Crippen LogP contribution in [0.25, 0.3) is 21.9 Å². The Kier molecular flexibility index (Phi) is 4.12. The molecule has 0 aliphatic heterocycles. The number of benzene rings is 3. The zero-order chi connectivity index (χ0) is 19.0. The summed E-state index contributed by atoms with van der Waals surface area (Å²) >= 11 is 0. The maximum absolute atomic E-state index is 12.0. The topological polar surface area (TPSA) is 97.8 Å². The third-order valence-electron chi connectivity index (χ3n) is 4.85. The highest BCUT2D eigenvalue weighted by Gasteiger charge is 2.10. The lowest BCUT2D eigenvalue weighted by atomic mass is 9.95. The van der Waals surface area contributed by atoms with E-state index in [1.807, 2.05) is 42.5 Å². The quantitative estimate of drug-likeness (QED) is 0.488. The van der Waals surface area contributed by atoms with E-state index in [9.17, 15) is 4.79 Å². The fraction of sp³-hybridized carbons (Fsp3) is 0.0909. The number of aryl methyl sites for hydroxylation is 1. The Bertz CT molecular complexity index is 1210. The van der Waals surface area contributed by atoms with Gasteiger partial charge in [0.05, 0.1) is 22.5 Å². The van der Waals surface area contributed by atoms with E-state index in [1.54, 1.807) is 0 Å². The van der Waals surface area contributed by atoms with Crippen LogP contribution >= 0.6 is 0 Å². The number of hydrogen-bond acceptors (Lipinski definition) is 4. The molecule has 5 heteroatoms. The fourth-order valence-electron chi connectivity index (χ4n) is 3.33. The van der Waals surface area contributed by atoms with Gasteiger partial charge in [0, 0.05) is 11.8 Å². The molecule has 0 spiro atoms. The number of rotatable bonds is 3. The molecule has 5 nitrogen and oxygen atoms in total. The predicted molar refractivity (Wildman–Crippen MR) is 111 cm³/mol. The van der Waals surface area contributed by atoms with E-state index in [-0.39, 0.29) is 5.56 Å². The van der Waals surface area contributed by atoms with Crippen LogP contribution in [-0.2, 0) is 6.42 Å². The summed E-state index contributed by atoms with van der Waals surface area (Å²) in [4.78, 5) is 12.0. The van der Waals surface area contributed by atoms with Gasteiger partial charge in [-0.1, -0.05) is 42.5 Å². The number of aromatic nitrogens is 2. The van der Waals surface area contributed by atoms with Crippen molar-refractivity contribution in [1.29, 1.82) is 0 Å². The first-order valence-corrected chi connectivity index (χ1v) is 8.74. The van der Waals surface area contributed by atoms with E-state index in [0.29, 0.717) is 23.2 Å². The maximum Gasteiger partial charge on any atom is 0.272 e. The first-order chi connectivity index (χ1) is 13.0. The van der Waals surface area contributed by atoms with Gasteiger partial charge in [0.15, 0.2) is 0 Å². The third kappa shape index (κ3) is 3.15. The molecular formula is C22H20N4O. The van der Waals surface area contributed by atoms with Crippen molar-refractivity contribution < 1.29 is 0 Å². The van der Waals surface area contributed by atoms with Crippen molar-refractivity contribution in [2.24, 2.45) is 0 Å². The number of hydrogen-bond donors (Lipinski definition) is 3. The second-order valence-corrected chi connectivity index (χ2v) is 6.71. The normalized spacial score (nSPS) is 11.0. The van der Waals surface area contributed by atoms with Crippen molar-refractivity contribution in [1.82, 2.24) is 10.2 Å². The summed E-state index contributed by atoms with van der Waals surface area (Å²) in [6, 6.07) is 19.5. The zero-order valence-corrected chi connectivity index (χ0v) is 15.0. The lowest BCUT2D eigenvalue weighted by molar-refractivity contribution is 0.934. The van der Waals surface area contributed by atoms with Crippen molar-refractivity contribution in [2.45, 2.75) is 13.3 Å². The van der Waals surface area contributed by atoms with E-state index < -0.39 is 0 Å². The van der Waals surface area contributed by atoms with E-state index in [4.69, 9.17) is 11.5 Å². The molecule has 0 radical (unpaired) electrons. The molecule has 0 bridgehead atoms. The Morgan fingerprint density at radius 2 is 1.70 bits per heavy atom. The molecule has 4 rings (SSSR count). The van der Waals surface area contributed by atoms with Crippen molar-refractivity contribution in [2.75, 3.05) is 11.5 Å². The molecule has 27 heavy (non-hydrogen) atoms. The lowest BCUT2D eigenvalue weighted by Crippen LogP contribution is -2.11. The second-order valence-electron chi connectivity index (χ2n) is 6.71. The summed E-state index contributed by atoms with van der Waals surface area (Å²) in [6.45, 7) is 2.07. The largest absolute Gasteiger partial charge is 0.397 e. The number of H-pyrrole nitrogens is 1. The zero-order valence-electron chi connectivity index (χ0n) is 15.0. The average molecular weight is 356 g/mol. The van der Waals surface area contributed by atoms with Crippen LogP contribution in [-0.4, -0.2) is 10.2 Å². The first-order valence-electron chi connectivity index (χ1n) is 8.74. The summed E-state index contributed by atoms with van der Waals surface area (Å²) in [5.74, 6) is 0. The number of aromatic amines is 1. The molecule has 0 fully saturated rings. The van der Waals surface area contributed by atoms with Gasteiger partial charge >= 0.3 is 0 Å². The van der Waals surface area contributed by atoms with Crippen LogP contribution in [0.2, 0.25) is 0 Å². The van der Waals surface area contributed by atoms with Gasteiger partial charge in [0.2, 0.25) is 0 Å². The molecule has 0 aliphatic carbocycles. The molecule has 4 aromatic rings. The van der Waals surface area contributed by atoms with Crippen LogP contribution in [0, 0.1) is 6.92 Å². The Hall–Kier alpha value is -3.60. The molecule has 134 valence electrons. The van der Waals surface area contributed by atoms with Gasteiger partial charge in [-0.15, -0.1) is 0 Å². The van der Waals surface area contributed by atoms with Crippen LogP contribution < -0.4 is 17.0 Å². The second kappa shape index (κ2) is 6.61. The maximum atomic E-state index is 12.0. The van der Waals surface area contributed by atoms with Gasteiger partial charge in [0.1, 0.15) is 0 Å². The van der Waals surface area contributed by atoms with Crippen LogP contribution in [0.1, 0.15) is 16.8 Å². The van der Waals surface area contributed by atoms with Gasteiger partial charge in [-0.05, 0) is 47.4 Å². The Morgan fingerprint density at radius 1 is 0.926 bits per heavy atom. The first kappa shape index (κ1) is 16.8. The molecule has 1 heterocycles. The molecular weight excluding hydrogens is 336 g/mol. The summed E-state index contributed by atoms with van der Waals surface area (Å²) < 4.78 is 0. The van der Waals surface area contributed by atoms with E-state index in [1.165, 1.54) is 0 Å². The van der Waals surface area contributed by atoms with Gasteiger partial charge in [-0.3, -0.25) is 4.79 Å². The number of anilines is 2. The number of nitrogen functional groups attached to an aromatic ring is 2. The van der Waals surface area contributed by atoms with Gasteiger partial charge in [-0.25, -0.2) is 5.10 Å². The molecule has 0 atom stereocenters. The van der Waals surface area contributed by atoms with Crippen LogP contribution in [0.5, 0.6) is 0 Å². The van der Waals surface area contributed by atoms with Gasteiger partial charge in [-0.2, -0.15) is 5.10 Å². The predicted octanol–water partition coefficient (Wildman–Crippen LogP) is 3.65. The van der Waals surface area contributed by atoms with Gasteiger partial charge in [0.25, 0.3) is 5.56 Å². The van der Waals surface area contributed by atoms with E-state index in [2.05, 4.69) is 35.3 Å². The van der Waals surface area contributed by atoms with Crippen molar-refractivity contribution in [3.63, 3.8) is 0 Å². The average Bonchev–Trinajstić information content (AvgIpc) is 2.68. The Morgan fingerprint density at radius 3 is 2.48 bits per heavy atom. The minimum absolute atomic E-state index is 0.170. The molecule has 1 aromatic heterocycles. The van der Waals surface area contributed by atoms with Crippen molar-refractivity contribution in [3.8, 4) is 11.1 Å². The molecule has 0 saturated carbocycles. The summed E-state index contributed by atoms with van der Waals surface area (Å²) in [6.07, 6.45) is 0.620. The van der Waals surface area contributed by atoms with E-state index >= 15 is 0 Å². The molecule has 0 saturated heterocycles. The highest BCUT2D eigenvalue weighted by molar-refractivity contribution is 5.83. The molecule has 0 aliphatic rings. The Labute approximate surface area is 156 Å². The minimum Gasteiger partial charge on any atom is -0.397 e. The highest BCUT2D eigenvalue weighted by Crippen LogP contribution is 2.29. The monoisotopic (exact) mass is 356 g/mol. The molecule has 3 aromatic carbocycles. The minimum atomic E-state index is -0.170. The summed E-state index contributed by atoms with van der Waals surface area (Å²) in [7, 11) is 0. The highest BCUT2D eigenvalue weighted by atomic mass is 16.1. The molecule has 5 N–H and O–H groups in total. The van der Waals surface area contributed by atoms with Crippen LogP contribution in [0.3, 0.4) is 0 Å². The molecule has 0 amide bonds. The standard InChI is InChI=1S/C22H20N4O/c1-13-6-7-14(10-18(13)15-8-9-19(23)20(24)12-15)11-21-16-4-2-3-5-17(16)22(27)26-25-21/h2-10,12H,11,23-24H2,1H3,(H,26,27). The van der Waals surface area contributed by atoms with E-state index in [0.717, 1.165) is 33.3 Å². The fourth-order valence-corrected chi connectivity index (χ4v) is 3.33. The lowest BCUT2D eigenvalue weighted by Gasteiger charge is -2.11. The number of nitrogens with two attached hydrogens (primary N) is 2. The van der Waals surface area contributed by atoms with Crippen LogP contribution in [0.4, 0.5) is 11.4 Å². The summed E-state index contributed by atoms with van der Waals surface area (Å²) in [5.41, 5.74) is 18.0. The number of nitrogens with zero attached hydrogens (tertiary/aromatic N) is 1. The summed E-state index contributed by atoms with van der Waals surface area (Å²) in [5, 5.41) is 8.41. The van der Waals surface area contributed by atoms with Gasteiger partial charge < -0.3 is 11.5 Å². The van der Waals surface area contributed by atoms with Crippen molar-refractivity contribution in [3.05, 3.63) is 87.8 Å². The Balaban J connectivity index is 1.77. The number of nitrogens with one attached hydrogen (secondary N) is 1. The smallest absolute Gasteiger partial charge is 0.272 e. The number of fused-ring (bicyclic) bond motifs is 1.